The molecule has 5 nitrogen and oxygen atoms in total. The summed E-state index contributed by atoms with van der Waals surface area (Å²) in [5, 5.41) is 0. The van der Waals surface area contributed by atoms with E-state index in [1.807, 2.05) is 12.1 Å². The molecular formula is C17H17F3N2O3S. The molecule has 0 bridgehead atoms. The first-order valence-electron chi connectivity index (χ1n) is 7.91. The van der Waals surface area contributed by atoms with Gasteiger partial charge < -0.3 is 4.74 Å². The Balaban J connectivity index is 1.59. The number of ether oxygens (including phenoxy) is 1. The van der Waals surface area contributed by atoms with Crippen molar-refractivity contribution in [2.75, 3.05) is 6.54 Å². The number of alkyl halides is 3. The lowest BCUT2D eigenvalue weighted by Gasteiger charge is -2.16. The largest absolute Gasteiger partial charge is 0.573 e. The van der Waals surface area contributed by atoms with Crippen LogP contribution in [-0.2, 0) is 21.2 Å². The van der Waals surface area contributed by atoms with E-state index in [4.69, 9.17) is 0 Å². The molecule has 1 N–H and O–H groups in total. The third kappa shape index (κ3) is 4.95. The lowest BCUT2D eigenvalue weighted by atomic mass is 10.0. The van der Waals surface area contributed by atoms with Gasteiger partial charge in [0.15, 0.2) is 0 Å². The molecule has 1 aliphatic rings. The van der Waals surface area contributed by atoms with Crippen LogP contribution < -0.4 is 9.46 Å². The maximum Gasteiger partial charge on any atom is 0.573 e. The smallest absolute Gasteiger partial charge is 0.406 e. The van der Waals surface area contributed by atoms with E-state index in [9.17, 15) is 21.6 Å². The molecule has 0 amide bonds. The molecule has 0 atom stereocenters. The number of sulfonamides is 1. The summed E-state index contributed by atoms with van der Waals surface area (Å²) in [4.78, 5) is 4.30. The van der Waals surface area contributed by atoms with Gasteiger partial charge in [-0.25, -0.2) is 13.1 Å². The Morgan fingerprint density at radius 2 is 1.81 bits per heavy atom. The topological polar surface area (TPSA) is 68.3 Å². The molecule has 0 radical (unpaired) electrons. The van der Waals surface area contributed by atoms with Crippen LogP contribution in [0.15, 0.2) is 48.7 Å². The van der Waals surface area contributed by atoms with Gasteiger partial charge in [-0.15, -0.1) is 13.2 Å². The first kappa shape index (κ1) is 18.7. The van der Waals surface area contributed by atoms with Crippen molar-refractivity contribution < 1.29 is 26.3 Å². The van der Waals surface area contributed by atoms with Crippen LogP contribution in [0.25, 0.3) is 0 Å². The second kappa shape index (κ2) is 6.88. The SMILES string of the molecule is O=S(=O)(Cc1ccc(OC(F)(F)F)cc1)NCC1(c2ccccn2)CC1. The fourth-order valence-electron chi connectivity index (χ4n) is 2.66. The fraction of sp³-hybridized carbons (Fsp3) is 0.353. The van der Waals surface area contributed by atoms with Crippen LogP contribution in [-0.4, -0.2) is 26.3 Å². The zero-order valence-electron chi connectivity index (χ0n) is 13.7. The van der Waals surface area contributed by atoms with E-state index < -0.39 is 22.1 Å². The van der Waals surface area contributed by atoms with Gasteiger partial charge in [0, 0.05) is 23.9 Å². The van der Waals surface area contributed by atoms with Crippen molar-refractivity contribution in [3.05, 3.63) is 59.9 Å². The van der Waals surface area contributed by atoms with Gasteiger partial charge in [0.1, 0.15) is 5.75 Å². The Morgan fingerprint density at radius 1 is 1.12 bits per heavy atom. The molecule has 0 unspecified atom stereocenters. The summed E-state index contributed by atoms with van der Waals surface area (Å²) in [6.45, 7) is 0.252. The van der Waals surface area contributed by atoms with Crippen molar-refractivity contribution >= 4 is 10.0 Å². The van der Waals surface area contributed by atoms with Gasteiger partial charge in [-0.05, 0) is 42.7 Å². The van der Waals surface area contributed by atoms with Gasteiger partial charge in [0.05, 0.1) is 5.75 Å². The van der Waals surface area contributed by atoms with Crippen molar-refractivity contribution in [1.29, 1.82) is 0 Å². The highest BCUT2D eigenvalue weighted by Crippen LogP contribution is 2.46. The van der Waals surface area contributed by atoms with Crippen molar-refractivity contribution in [2.45, 2.75) is 30.4 Å². The minimum Gasteiger partial charge on any atom is -0.406 e. The van der Waals surface area contributed by atoms with Gasteiger partial charge in [-0.2, -0.15) is 0 Å². The average molecular weight is 386 g/mol. The number of halogens is 3. The molecule has 1 saturated carbocycles. The standard InChI is InChI=1S/C17H17F3N2O3S/c18-17(19,20)25-14-6-4-13(5-7-14)11-26(23,24)22-12-16(8-9-16)15-3-1-2-10-21-15/h1-7,10,22H,8-9,11-12H2. The molecular weight excluding hydrogens is 369 g/mol. The van der Waals surface area contributed by atoms with Crippen LogP contribution in [0.1, 0.15) is 24.1 Å². The van der Waals surface area contributed by atoms with E-state index in [1.54, 1.807) is 12.3 Å². The van der Waals surface area contributed by atoms with Crippen LogP contribution in [0.5, 0.6) is 5.75 Å². The second-order valence-corrected chi connectivity index (χ2v) is 8.07. The summed E-state index contributed by atoms with van der Waals surface area (Å²) >= 11 is 0. The summed E-state index contributed by atoms with van der Waals surface area (Å²) in [5.74, 6) is -0.712. The number of pyridine rings is 1. The van der Waals surface area contributed by atoms with E-state index in [1.165, 1.54) is 12.1 Å². The highest BCUT2D eigenvalue weighted by atomic mass is 32.2. The predicted octanol–water partition coefficient (Wildman–Crippen LogP) is 3.13. The first-order valence-corrected chi connectivity index (χ1v) is 9.56. The highest BCUT2D eigenvalue weighted by molar-refractivity contribution is 7.88. The molecule has 26 heavy (non-hydrogen) atoms. The monoisotopic (exact) mass is 386 g/mol. The van der Waals surface area contributed by atoms with Gasteiger partial charge in [0.2, 0.25) is 10.0 Å². The van der Waals surface area contributed by atoms with E-state index >= 15 is 0 Å². The van der Waals surface area contributed by atoms with Crippen molar-refractivity contribution in [3.8, 4) is 5.75 Å². The normalized spacial score (nSPS) is 16.3. The zero-order valence-corrected chi connectivity index (χ0v) is 14.5. The quantitative estimate of drug-likeness (QED) is 0.794. The molecule has 0 spiro atoms. The second-order valence-electron chi connectivity index (χ2n) is 6.27. The minimum atomic E-state index is -4.78. The Kier molecular flexibility index (Phi) is 4.94. The zero-order chi connectivity index (χ0) is 18.8. The van der Waals surface area contributed by atoms with E-state index in [0.717, 1.165) is 30.7 Å². The Hall–Kier alpha value is -2.13. The van der Waals surface area contributed by atoms with Gasteiger partial charge in [-0.3, -0.25) is 4.98 Å². The van der Waals surface area contributed by atoms with Crippen LogP contribution in [0.4, 0.5) is 13.2 Å². The van der Waals surface area contributed by atoms with Crippen molar-refractivity contribution in [2.24, 2.45) is 0 Å². The summed E-state index contributed by atoms with van der Waals surface area (Å²) < 4.78 is 67.3. The van der Waals surface area contributed by atoms with Crippen LogP contribution >= 0.6 is 0 Å². The number of benzene rings is 1. The lowest BCUT2D eigenvalue weighted by Crippen LogP contribution is -2.33. The third-order valence-electron chi connectivity index (χ3n) is 4.21. The summed E-state index contributed by atoms with van der Waals surface area (Å²) in [5.41, 5.74) is 0.963. The van der Waals surface area contributed by atoms with Crippen LogP contribution in [0.3, 0.4) is 0 Å². The molecule has 0 aliphatic heterocycles. The van der Waals surface area contributed by atoms with Crippen molar-refractivity contribution in [1.82, 2.24) is 9.71 Å². The predicted molar refractivity (Wildman–Crippen MR) is 88.9 cm³/mol. The Labute approximate surface area is 149 Å². The summed E-state index contributed by atoms with van der Waals surface area (Å²) in [6, 6.07) is 10.3. The molecule has 1 aliphatic carbocycles. The Bertz CT molecular complexity index is 849. The number of nitrogens with one attached hydrogen (secondary N) is 1. The fourth-order valence-corrected chi connectivity index (χ4v) is 3.89. The van der Waals surface area contributed by atoms with E-state index in [0.29, 0.717) is 5.56 Å². The molecule has 2 aromatic rings. The third-order valence-corrected chi connectivity index (χ3v) is 5.50. The van der Waals surface area contributed by atoms with E-state index in [2.05, 4.69) is 14.4 Å². The molecule has 9 heteroatoms. The van der Waals surface area contributed by atoms with Crippen LogP contribution in [0, 0.1) is 0 Å². The number of aromatic nitrogens is 1. The number of hydrogen-bond donors (Lipinski definition) is 1. The van der Waals surface area contributed by atoms with Gasteiger partial charge in [0.25, 0.3) is 0 Å². The lowest BCUT2D eigenvalue weighted by molar-refractivity contribution is -0.274. The molecule has 1 aromatic carbocycles. The number of rotatable bonds is 7. The van der Waals surface area contributed by atoms with Crippen molar-refractivity contribution in [3.63, 3.8) is 0 Å². The molecule has 140 valence electrons. The minimum absolute atomic E-state index is 0.252. The molecule has 3 rings (SSSR count). The molecule has 1 heterocycles. The molecule has 1 fully saturated rings. The average Bonchev–Trinajstić information content (AvgIpc) is 3.36. The summed E-state index contributed by atoms with van der Waals surface area (Å²) in [6.07, 6.45) is -1.39. The van der Waals surface area contributed by atoms with Crippen LogP contribution in [0.2, 0.25) is 0 Å². The highest BCUT2D eigenvalue weighted by Gasteiger charge is 2.45. The first-order chi connectivity index (χ1) is 12.2. The molecule has 0 saturated heterocycles. The van der Waals surface area contributed by atoms with Gasteiger partial charge in [-0.1, -0.05) is 18.2 Å². The Morgan fingerprint density at radius 3 is 2.35 bits per heavy atom. The number of nitrogens with zero attached hydrogens (tertiary/aromatic N) is 1. The maximum atomic E-state index is 12.3. The van der Waals surface area contributed by atoms with E-state index in [-0.39, 0.29) is 17.7 Å². The number of hydrogen-bond acceptors (Lipinski definition) is 4. The summed E-state index contributed by atoms with van der Waals surface area (Å²) in [7, 11) is -3.62. The van der Waals surface area contributed by atoms with Gasteiger partial charge >= 0.3 is 6.36 Å². The molecule has 1 aromatic heterocycles. The maximum absolute atomic E-state index is 12.3.